The Labute approximate surface area is 96.0 Å². The Bertz CT molecular complexity index is 167. The topological polar surface area (TPSA) is 49.8 Å². The van der Waals surface area contributed by atoms with Crippen LogP contribution in [0.2, 0.25) is 0 Å². The van der Waals surface area contributed by atoms with Crippen LogP contribution in [0.4, 0.5) is 0 Å². The summed E-state index contributed by atoms with van der Waals surface area (Å²) < 4.78 is 4.94. The summed E-state index contributed by atoms with van der Waals surface area (Å²) in [7, 11) is 1.63. The molecule has 5 heteroatoms. The van der Waals surface area contributed by atoms with E-state index in [2.05, 4.69) is 6.26 Å². The Kier molecular flexibility index (Phi) is 10.1. The number of hydrogen-bond acceptors (Lipinski definition) is 4. The highest BCUT2D eigenvalue weighted by Crippen LogP contribution is 2.01. The van der Waals surface area contributed by atoms with Gasteiger partial charge in [-0.2, -0.15) is 11.8 Å². The molecule has 0 saturated heterocycles. The minimum atomic E-state index is -0.768. The molecule has 90 valence electrons. The molecule has 0 aromatic heterocycles. The number of rotatable bonds is 10. The van der Waals surface area contributed by atoms with Crippen molar-refractivity contribution in [3.8, 4) is 0 Å². The van der Waals surface area contributed by atoms with Crippen molar-refractivity contribution in [1.29, 1.82) is 0 Å². The van der Waals surface area contributed by atoms with E-state index in [1.807, 2.05) is 16.7 Å². The molecular weight excluding hydrogens is 214 g/mol. The zero-order valence-electron chi connectivity index (χ0n) is 9.57. The molecule has 0 fully saturated rings. The number of thioether (sulfide) groups is 1. The minimum absolute atomic E-state index is 0.114. The lowest BCUT2D eigenvalue weighted by atomic mass is 10.3. The zero-order valence-corrected chi connectivity index (χ0v) is 10.4. The average Bonchev–Trinajstić information content (AvgIpc) is 2.19. The van der Waals surface area contributed by atoms with Crippen LogP contribution < -0.4 is 0 Å². The molecule has 0 aliphatic carbocycles. The number of carboxylic acids is 1. The lowest BCUT2D eigenvalue weighted by molar-refractivity contribution is -0.138. The molecule has 0 rings (SSSR count). The van der Waals surface area contributed by atoms with E-state index in [4.69, 9.17) is 9.84 Å². The van der Waals surface area contributed by atoms with Crippen LogP contribution >= 0.6 is 11.8 Å². The highest BCUT2D eigenvalue weighted by Gasteiger charge is 2.08. The van der Waals surface area contributed by atoms with E-state index in [9.17, 15) is 4.79 Å². The van der Waals surface area contributed by atoms with E-state index in [0.29, 0.717) is 13.2 Å². The smallest absolute Gasteiger partial charge is 0.317 e. The van der Waals surface area contributed by atoms with Crippen LogP contribution in [0.25, 0.3) is 0 Å². The second-order valence-electron chi connectivity index (χ2n) is 3.36. The molecule has 0 spiro atoms. The maximum absolute atomic E-state index is 10.6. The van der Waals surface area contributed by atoms with E-state index in [0.717, 1.165) is 25.1 Å². The third kappa shape index (κ3) is 10.0. The number of carbonyl (C=O) groups is 1. The summed E-state index contributed by atoms with van der Waals surface area (Å²) in [6.45, 7) is 2.25. The van der Waals surface area contributed by atoms with Crippen molar-refractivity contribution in [2.75, 3.05) is 45.4 Å². The number of carboxylic acid groups (broad SMARTS) is 1. The van der Waals surface area contributed by atoms with Gasteiger partial charge >= 0.3 is 5.97 Å². The number of unbranched alkanes of at least 4 members (excludes halogenated alkanes) is 1. The van der Waals surface area contributed by atoms with Gasteiger partial charge in [0.2, 0.25) is 0 Å². The quantitative estimate of drug-likeness (QED) is 0.576. The summed E-state index contributed by atoms with van der Waals surface area (Å²) in [5.41, 5.74) is 0. The molecule has 0 bridgehead atoms. The Morgan fingerprint density at radius 3 is 2.67 bits per heavy atom. The Balaban J connectivity index is 3.64. The van der Waals surface area contributed by atoms with E-state index >= 15 is 0 Å². The molecule has 0 saturated carbocycles. The van der Waals surface area contributed by atoms with E-state index in [-0.39, 0.29) is 6.54 Å². The lowest BCUT2D eigenvalue weighted by Gasteiger charge is -2.19. The number of ether oxygens (including phenoxy) is 1. The fourth-order valence-electron chi connectivity index (χ4n) is 1.26. The summed E-state index contributed by atoms with van der Waals surface area (Å²) >= 11 is 1.83. The maximum atomic E-state index is 10.6. The summed E-state index contributed by atoms with van der Waals surface area (Å²) in [4.78, 5) is 12.5. The minimum Gasteiger partial charge on any atom is -0.480 e. The van der Waals surface area contributed by atoms with E-state index in [1.165, 1.54) is 0 Å². The normalized spacial score (nSPS) is 10.9. The first-order chi connectivity index (χ1) is 7.20. The van der Waals surface area contributed by atoms with Crippen molar-refractivity contribution in [1.82, 2.24) is 4.90 Å². The molecule has 0 amide bonds. The third-order valence-electron chi connectivity index (χ3n) is 2.04. The van der Waals surface area contributed by atoms with Crippen LogP contribution in [-0.4, -0.2) is 61.3 Å². The molecule has 1 N–H and O–H groups in total. The number of methoxy groups -OCH3 is 1. The van der Waals surface area contributed by atoms with Gasteiger partial charge in [-0.05, 0) is 31.4 Å². The second kappa shape index (κ2) is 10.3. The average molecular weight is 235 g/mol. The van der Waals surface area contributed by atoms with Crippen molar-refractivity contribution in [3.05, 3.63) is 0 Å². The summed E-state index contributed by atoms with van der Waals surface area (Å²) in [5, 5.41) is 8.70. The zero-order chi connectivity index (χ0) is 11.5. The third-order valence-corrected chi connectivity index (χ3v) is 2.74. The molecule has 0 aromatic carbocycles. The monoisotopic (exact) mass is 235 g/mol. The van der Waals surface area contributed by atoms with Crippen molar-refractivity contribution in [3.63, 3.8) is 0 Å². The number of hydrogen-bond donors (Lipinski definition) is 1. The van der Waals surface area contributed by atoms with Gasteiger partial charge in [0.1, 0.15) is 0 Å². The van der Waals surface area contributed by atoms with Crippen LogP contribution in [0, 0.1) is 0 Å². The second-order valence-corrected chi connectivity index (χ2v) is 4.35. The Morgan fingerprint density at radius 2 is 2.13 bits per heavy atom. The van der Waals surface area contributed by atoms with Crippen LogP contribution in [0.1, 0.15) is 12.8 Å². The van der Waals surface area contributed by atoms with Crippen molar-refractivity contribution >= 4 is 17.7 Å². The predicted octanol–water partition coefficient (Wildman–Crippen LogP) is 1.16. The van der Waals surface area contributed by atoms with Crippen LogP contribution in [-0.2, 0) is 9.53 Å². The van der Waals surface area contributed by atoms with Gasteiger partial charge in [-0.15, -0.1) is 0 Å². The molecule has 0 aromatic rings. The largest absolute Gasteiger partial charge is 0.480 e. The van der Waals surface area contributed by atoms with Gasteiger partial charge in [-0.1, -0.05) is 0 Å². The SMILES string of the molecule is COCCN(CCCCSC)CC(=O)O. The van der Waals surface area contributed by atoms with Gasteiger partial charge in [0.05, 0.1) is 13.2 Å². The fraction of sp³-hybridized carbons (Fsp3) is 0.900. The van der Waals surface area contributed by atoms with Gasteiger partial charge < -0.3 is 9.84 Å². The molecule has 0 aliphatic rings. The maximum Gasteiger partial charge on any atom is 0.317 e. The van der Waals surface area contributed by atoms with Crippen molar-refractivity contribution < 1.29 is 14.6 Å². The van der Waals surface area contributed by atoms with Gasteiger partial charge in [-0.25, -0.2) is 0 Å². The van der Waals surface area contributed by atoms with Crippen molar-refractivity contribution in [2.24, 2.45) is 0 Å². The molecular formula is C10H21NO3S. The summed E-state index contributed by atoms with van der Waals surface area (Å²) in [6, 6.07) is 0. The van der Waals surface area contributed by atoms with Gasteiger partial charge in [0.15, 0.2) is 0 Å². The van der Waals surface area contributed by atoms with Crippen LogP contribution in [0.3, 0.4) is 0 Å². The molecule has 0 aliphatic heterocycles. The first kappa shape index (κ1) is 14.7. The molecule has 0 atom stereocenters. The standard InChI is InChI=1S/C10H21NO3S/c1-14-7-6-11(9-10(12)13)5-3-4-8-15-2/h3-9H2,1-2H3,(H,12,13). The van der Waals surface area contributed by atoms with Gasteiger partial charge in [-0.3, -0.25) is 9.69 Å². The molecule has 4 nitrogen and oxygen atoms in total. The van der Waals surface area contributed by atoms with Crippen LogP contribution in [0.5, 0.6) is 0 Å². The molecule has 15 heavy (non-hydrogen) atoms. The van der Waals surface area contributed by atoms with Crippen LogP contribution in [0.15, 0.2) is 0 Å². The van der Waals surface area contributed by atoms with Gasteiger partial charge in [0, 0.05) is 13.7 Å². The summed E-state index contributed by atoms with van der Waals surface area (Å²) in [6.07, 6.45) is 4.28. The molecule has 0 heterocycles. The number of aliphatic carboxylic acids is 1. The number of nitrogens with zero attached hydrogens (tertiary/aromatic N) is 1. The Hall–Kier alpha value is -0.260. The molecule has 0 radical (unpaired) electrons. The summed E-state index contributed by atoms with van der Waals surface area (Å²) in [5.74, 6) is 0.376. The van der Waals surface area contributed by atoms with Crippen molar-refractivity contribution in [2.45, 2.75) is 12.8 Å². The predicted molar refractivity (Wildman–Crippen MR) is 63.6 cm³/mol. The van der Waals surface area contributed by atoms with Gasteiger partial charge in [0.25, 0.3) is 0 Å². The molecule has 0 unspecified atom stereocenters. The van der Waals surface area contributed by atoms with E-state index < -0.39 is 5.97 Å². The highest BCUT2D eigenvalue weighted by atomic mass is 32.2. The highest BCUT2D eigenvalue weighted by molar-refractivity contribution is 7.98. The first-order valence-corrected chi connectivity index (χ1v) is 6.52. The fourth-order valence-corrected chi connectivity index (χ4v) is 1.76. The lowest BCUT2D eigenvalue weighted by Crippen LogP contribution is -2.33. The Morgan fingerprint density at radius 1 is 1.40 bits per heavy atom. The first-order valence-electron chi connectivity index (χ1n) is 5.12. The van der Waals surface area contributed by atoms with E-state index in [1.54, 1.807) is 7.11 Å².